The Morgan fingerprint density at radius 3 is 2.38 bits per heavy atom. The van der Waals surface area contributed by atoms with Crippen molar-refractivity contribution in [1.29, 1.82) is 0 Å². The van der Waals surface area contributed by atoms with Gasteiger partial charge in [0.05, 0.1) is 0 Å². The number of aromatic nitrogens is 4. The number of thioether (sulfide) groups is 1. The number of hydrogen-bond acceptors (Lipinski definition) is 4. The van der Waals surface area contributed by atoms with Crippen LogP contribution in [-0.4, -0.2) is 24.9 Å². The molecule has 2 aromatic rings. The Hall–Kier alpha value is -1.50. The molecule has 2 aromatic heterocycles. The third-order valence-electron chi connectivity index (χ3n) is 4.50. The van der Waals surface area contributed by atoms with Crippen molar-refractivity contribution >= 4 is 22.9 Å². The molecule has 0 saturated carbocycles. The van der Waals surface area contributed by atoms with Gasteiger partial charge in [-0.1, -0.05) is 71.1 Å². The number of H-pyrrole nitrogens is 1. The number of hydrogen-bond donors (Lipinski definition) is 1. The van der Waals surface area contributed by atoms with Crippen molar-refractivity contribution in [3.8, 4) is 0 Å². The van der Waals surface area contributed by atoms with Crippen LogP contribution in [0, 0.1) is 5.92 Å². The van der Waals surface area contributed by atoms with E-state index < -0.39 is 5.69 Å². The molecule has 0 aliphatic rings. The van der Waals surface area contributed by atoms with Gasteiger partial charge in [0.1, 0.15) is 0 Å². The smallest absolute Gasteiger partial charge is 0.313 e. The van der Waals surface area contributed by atoms with Crippen LogP contribution in [-0.2, 0) is 13.6 Å². The van der Waals surface area contributed by atoms with Crippen LogP contribution in [0.3, 0.4) is 0 Å². The molecule has 0 saturated heterocycles. The van der Waals surface area contributed by atoms with Crippen molar-refractivity contribution in [2.75, 3.05) is 5.75 Å². The van der Waals surface area contributed by atoms with Gasteiger partial charge >= 0.3 is 5.69 Å². The molecule has 26 heavy (non-hydrogen) atoms. The van der Waals surface area contributed by atoms with Gasteiger partial charge in [-0.05, 0) is 12.3 Å². The summed E-state index contributed by atoms with van der Waals surface area (Å²) in [6, 6.07) is 0. The fourth-order valence-corrected chi connectivity index (χ4v) is 3.97. The maximum atomic E-state index is 12.4. The summed E-state index contributed by atoms with van der Waals surface area (Å²) in [5, 5.41) is 0.839. The van der Waals surface area contributed by atoms with Crippen LogP contribution < -0.4 is 11.2 Å². The Morgan fingerprint density at radius 1 is 1.08 bits per heavy atom. The second kappa shape index (κ2) is 10.00. The summed E-state index contributed by atoms with van der Waals surface area (Å²) in [6.45, 7) is 7.33. The molecule has 2 heterocycles. The van der Waals surface area contributed by atoms with E-state index in [2.05, 4.69) is 30.7 Å². The van der Waals surface area contributed by atoms with Gasteiger partial charge in [-0.3, -0.25) is 14.3 Å². The standard InChI is InChI=1S/C19H32N4O2S/c1-5-6-7-8-9-10-11-12-23-15-16(20-19(23)26-13-14(2)3)22(4)18(25)21-17(15)24/h14H,5-13H2,1-4H3,(H,21,24,25). The molecule has 0 aliphatic heterocycles. The average molecular weight is 381 g/mol. The van der Waals surface area contributed by atoms with Crippen LogP contribution in [0.1, 0.15) is 65.7 Å². The molecule has 0 atom stereocenters. The van der Waals surface area contributed by atoms with Crippen LogP contribution in [0.4, 0.5) is 0 Å². The van der Waals surface area contributed by atoms with Gasteiger partial charge in [-0.2, -0.15) is 0 Å². The lowest BCUT2D eigenvalue weighted by Crippen LogP contribution is -2.29. The molecule has 0 radical (unpaired) electrons. The molecule has 0 fully saturated rings. The number of aromatic amines is 1. The van der Waals surface area contributed by atoms with Crippen molar-refractivity contribution < 1.29 is 0 Å². The third kappa shape index (κ3) is 5.25. The number of nitrogens with one attached hydrogen (secondary N) is 1. The highest BCUT2D eigenvalue weighted by molar-refractivity contribution is 7.99. The van der Waals surface area contributed by atoms with E-state index in [1.54, 1.807) is 18.8 Å². The van der Waals surface area contributed by atoms with Gasteiger partial charge in [-0.15, -0.1) is 0 Å². The Morgan fingerprint density at radius 2 is 1.73 bits per heavy atom. The van der Waals surface area contributed by atoms with Crippen molar-refractivity contribution in [3.05, 3.63) is 20.8 Å². The quantitative estimate of drug-likeness (QED) is 0.474. The fourth-order valence-electron chi connectivity index (χ4n) is 3.00. The first-order valence-electron chi connectivity index (χ1n) is 9.78. The van der Waals surface area contributed by atoms with Gasteiger partial charge in [0.15, 0.2) is 16.3 Å². The Bertz CT molecular complexity index is 819. The molecule has 0 unspecified atom stereocenters. The topological polar surface area (TPSA) is 72.7 Å². The van der Waals surface area contributed by atoms with E-state index in [9.17, 15) is 9.59 Å². The third-order valence-corrected chi connectivity index (χ3v) is 5.91. The molecular weight excluding hydrogens is 348 g/mol. The highest BCUT2D eigenvalue weighted by Gasteiger charge is 2.17. The molecule has 0 spiro atoms. The van der Waals surface area contributed by atoms with E-state index in [4.69, 9.17) is 0 Å². The highest BCUT2D eigenvalue weighted by atomic mass is 32.2. The second-order valence-electron chi connectivity index (χ2n) is 7.36. The number of unbranched alkanes of at least 4 members (excludes halogenated alkanes) is 6. The second-order valence-corrected chi connectivity index (χ2v) is 8.35. The summed E-state index contributed by atoms with van der Waals surface area (Å²) < 4.78 is 3.43. The van der Waals surface area contributed by atoms with Crippen LogP contribution in [0.2, 0.25) is 0 Å². The highest BCUT2D eigenvalue weighted by Crippen LogP contribution is 2.24. The summed E-state index contributed by atoms with van der Waals surface area (Å²) in [7, 11) is 1.66. The van der Waals surface area contributed by atoms with Gasteiger partial charge < -0.3 is 4.57 Å². The first-order chi connectivity index (χ1) is 12.5. The number of nitrogens with zero attached hydrogens (tertiary/aromatic N) is 3. The molecular formula is C19H32N4O2S. The Kier molecular flexibility index (Phi) is 8.00. The summed E-state index contributed by atoms with van der Waals surface area (Å²) in [4.78, 5) is 31.3. The summed E-state index contributed by atoms with van der Waals surface area (Å²) >= 11 is 1.66. The van der Waals surface area contributed by atoms with E-state index in [-0.39, 0.29) is 5.56 Å². The summed E-state index contributed by atoms with van der Waals surface area (Å²) in [5.74, 6) is 1.47. The molecule has 146 valence electrons. The lowest BCUT2D eigenvalue weighted by molar-refractivity contribution is 0.538. The monoisotopic (exact) mass is 380 g/mol. The zero-order valence-electron chi connectivity index (χ0n) is 16.5. The van der Waals surface area contributed by atoms with Gasteiger partial charge in [0, 0.05) is 19.3 Å². The lowest BCUT2D eigenvalue weighted by Gasteiger charge is -2.09. The van der Waals surface area contributed by atoms with E-state index in [0.29, 0.717) is 17.1 Å². The fraction of sp³-hybridized carbons (Fsp3) is 0.737. The van der Waals surface area contributed by atoms with Crippen molar-refractivity contribution in [1.82, 2.24) is 19.1 Å². The molecule has 0 aliphatic carbocycles. The van der Waals surface area contributed by atoms with Crippen LogP contribution >= 0.6 is 11.8 Å². The first-order valence-corrected chi connectivity index (χ1v) is 10.8. The van der Waals surface area contributed by atoms with Gasteiger partial charge in [-0.25, -0.2) is 9.78 Å². The summed E-state index contributed by atoms with van der Waals surface area (Å²) in [6.07, 6.45) is 8.57. The minimum atomic E-state index is -0.413. The SMILES string of the molecule is CCCCCCCCCn1c(SCC(C)C)nc2c1c(=O)[nH]c(=O)n2C. The number of imidazole rings is 1. The first kappa shape index (κ1) is 20.8. The predicted octanol–water partition coefficient (Wildman–Crippen LogP) is 3.92. The van der Waals surface area contributed by atoms with Gasteiger partial charge in [0.25, 0.3) is 5.56 Å². The molecule has 1 N–H and O–H groups in total. The zero-order valence-corrected chi connectivity index (χ0v) is 17.3. The maximum Gasteiger partial charge on any atom is 0.329 e. The van der Waals surface area contributed by atoms with E-state index in [1.165, 1.54) is 36.7 Å². The normalized spacial score (nSPS) is 11.7. The predicted molar refractivity (Wildman–Crippen MR) is 109 cm³/mol. The van der Waals surface area contributed by atoms with Crippen molar-refractivity contribution in [3.63, 3.8) is 0 Å². The van der Waals surface area contributed by atoms with E-state index >= 15 is 0 Å². The summed E-state index contributed by atoms with van der Waals surface area (Å²) in [5.41, 5.74) is 0.246. The van der Waals surface area contributed by atoms with Crippen LogP contribution in [0.25, 0.3) is 11.2 Å². The maximum absolute atomic E-state index is 12.4. The van der Waals surface area contributed by atoms with Crippen molar-refractivity contribution in [2.24, 2.45) is 13.0 Å². The number of aryl methyl sites for hydroxylation is 2. The molecule has 6 nitrogen and oxygen atoms in total. The molecule has 0 amide bonds. The Balaban J connectivity index is 2.18. The van der Waals surface area contributed by atoms with Crippen molar-refractivity contribution in [2.45, 2.75) is 77.4 Å². The minimum absolute atomic E-state index is 0.338. The number of rotatable bonds is 11. The zero-order chi connectivity index (χ0) is 19.1. The number of fused-ring (bicyclic) bond motifs is 1. The minimum Gasteiger partial charge on any atom is -0.313 e. The molecule has 2 rings (SSSR count). The molecule has 7 heteroatoms. The van der Waals surface area contributed by atoms with E-state index in [1.807, 2.05) is 4.57 Å². The molecule has 0 bridgehead atoms. The Labute approximate surface area is 159 Å². The largest absolute Gasteiger partial charge is 0.329 e. The van der Waals surface area contributed by atoms with Crippen LogP contribution in [0.5, 0.6) is 0 Å². The average Bonchev–Trinajstić information content (AvgIpc) is 2.96. The van der Waals surface area contributed by atoms with Gasteiger partial charge in [0.2, 0.25) is 0 Å². The van der Waals surface area contributed by atoms with E-state index in [0.717, 1.165) is 30.3 Å². The molecule has 0 aromatic carbocycles. The van der Waals surface area contributed by atoms with Crippen LogP contribution in [0.15, 0.2) is 14.7 Å². The lowest BCUT2D eigenvalue weighted by atomic mass is 10.1.